The normalized spacial score (nSPS) is 16.5. The van der Waals surface area contributed by atoms with Gasteiger partial charge in [-0.05, 0) is 49.2 Å². The highest BCUT2D eigenvalue weighted by molar-refractivity contribution is 7.89. The van der Waals surface area contributed by atoms with Gasteiger partial charge in [-0.15, -0.1) is 0 Å². The van der Waals surface area contributed by atoms with Crippen LogP contribution in [0, 0.1) is 0 Å². The highest BCUT2D eigenvalue weighted by atomic mass is 32.2. The number of aromatic nitrogens is 2. The number of nitrogens with zero attached hydrogens (tertiary/aromatic N) is 3. The first-order valence-electron chi connectivity index (χ1n) is 8.94. The monoisotopic (exact) mass is 383 g/mol. The van der Waals surface area contributed by atoms with Gasteiger partial charge in [0.2, 0.25) is 10.0 Å². The lowest BCUT2D eigenvalue weighted by Gasteiger charge is -2.31. The number of rotatable bonds is 4. The number of benzene rings is 1. The fourth-order valence-corrected chi connectivity index (χ4v) is 5.18. The van der Waals surface area contributed by atoms with Crippen LogP contribution in [-0.2, 0) is 10.0 Å². The maximum atomic E-state index is 13.0. The molecule has 3 heterocycles. The number of ether oxygens (including phenoxy) is 1. The maximum Gasteiger partial charge on any atom is 0.246 e. The summed E-state index contributed by atoms with van der Waals surface area (Å²) in [6, 6.07) is 14.7. The van der Waals surface area contributed by atoms with Gasteiger partial charge in [-0.1, -0.05) is 12.1 Å². The summed E-state index contributed by atoms with van der Waals surface area (Å²) in [7, 11) is -2.08. The SMILES string of the molecule is COc1ccccc1S(=O)(=O)N1CCC(c2ccc3cccnc3n2)CC1. The number of fused-ring (bicyclic) bond motifs is 1. The van der Waals surface area contributed by atoms with Crippen LogP contribution in [0.1, 0.15) is 24.5 Å². The predicted octanol–water partition coefficient (Wildman–Crippen LogP) is 3.21. The second kappa shape index (κ2) is 7.25. The van der Waals surface area contributed by atoms with E-state index in [1.54, 1.807) is 34.8 Å². The first-order valence-corrected chi connectivity index (χ1v) is 10.4. The molecule has 0 unspecified atom stereocenters. The molecular weight excluding hydrogens is 362 g/mol. The summed E-state index contributed by atoms with van der Waals surface area (Å²) in [6.07, 6.45) is 3.21. The second-order valence-electron chi connectivity index (χ2n) is 6.62. The van der Waals surface area contributed by atoms with Crippen LogP contribution >= 0.6 is 0 Å². The van der Waals surface area contributed by atoms with Crippen molar-refractivity contribution in [2.75, 3.05) is 20.2 Å². The molecule has 0 spiro atoms. The molecule has 4 rings (SSSR count). The van der Waals surface area contributed by atoms with Gasteiger partial charge < -0.3 is 4.74 Å². The van der Waals surface area contributed by atoms with E-state index < -0.39 is 10.0 Å². The Morgan fingerprint density at radius 1 is 1.04 bits per heavy atom. The maximum absolute atomic E-state index is 13.0. The van der Waals surface area contributed by atoms with Crippen molar-refractivity contribution in [1.82, 2.24) is 14.3 Å². The summed E-state index contributed by atoms with van der Waals surface area (Å²) in [5.74, 6) is 0.613. The third-order valence-electron chi connectivity index (χ3n) is 5.04. The summed E-state index contributed by atoms with van der Waals surface area (Å²) in [5, 5.41) is 1.01. The van der Waals surface area contributed by atoms with Crippen molar-refractivity contribution < 1.29 is 13.2 Å². The molecular formula is C20H21N3O3S. The molecule has 27 heavy (non-hydrogen) atoms. The van der Waals surface area contributed by atoms with Crippen LogP contribution in [0.15, 0.2) is 59.6 Å². The number of piperidine rings is 1. The van der Waals surface area contributed by atoms with Gasteiger partial charge in [0, 0.05) is 36.3 Å². The van der Waals surface area contributed by atoms with E-state index in [1.807, 2.05) is 24.3 Å². The average molecular weight is 383 g/mol. The van der Waals surface area contributed by atoms with Gasteiger partial charge in [0.1, 0.15) is 10.6 Å². The van der Waals surface area contributed by atoms with Crippen LogP contribution in [0.3, 0.4) is 0 Å². The largest absolute Gasteiger partial charge is 0.495 e. The molecule has 1 fully saturated rings. The molecule has 0 saturated carbocycles. The first-order chi connectivity index (χ1) is 13.1. The lowest BCUT2D eigenvalue weighted by atomic mass is 9.94. The Hall–Kier alpha value is -2.51. The molecule has 140 valence electrons. The van der Waals surface area contributed by atoms with E-state index in [-0.39, 0.29) is 10.8 Å². The molecule has 1 saturated heterocycles. The Morgan fingerprint density at radius 2 is 1.81 bits per heavy atom. The van der Waals surface area contributed by atoms with Crippen molar-refractivity contribution in [2.24, 2.45) is 0 Å². The van der Waals surface area contributed by atoms with Crippen LogP contribution in [0.5, 0.6) is 5.75 Å². The van der Waals surface area contributed by atoms with Gasteiger partial charge in [0.05, 0.1) is 7.11 Å². The number of para-hydroxylation sites is 1. The smallest absolute Gasteiger partial charge is 0.246 e. The van der Waals surface area contributed by atoms with Crippen molar-refractivity contribution in [3.8, 4) is 5.75 Å². The standard InChI is InChI=1S/C20H21N3O3S/c1-26-18-6-2-3-7-19(18)27(24,25)23-13-10-15(11-14-23)17-9-8-16-5-4-12-21-20(16)22-17/h2-9,12,15H,10-11,13-14H2,1H3. The van der Waals surface area contributed by atoms with Gasteiger partial charge in [0.25, 0.3) is 0 Å². The molecule has 0 amide bonds. The van der Waals surface area contributed by atoms with Crippen molar-refractivity contribution in [3.05, 3.63) is 60.4 Å². The lowest BCUT2D eigenvalue weighted by Crippen LogP contribution is -2.38. The Balaban J connectivity index is 1.52. The summed E-state index contributed by atoms with van der Waals surface area (Å²) in [6.45, 7) is 0.931. The number of hydrogen-bond acceptors (Lipinski definition) is 5. The highest BCUT2D eigenvalue weighted by Gasteiger charge is 2.32. The van der Waals surface area contributed by atoms with Crippen LogP contribution in [0.2, 0.25) is 0 Å². The minimum absolute atomic E-state index is 0.221. The Bertz CT molecular complexity index is 1060. The molecule has 0 bridgehead atoms. The molecule has 0 N–H and O–H groups in total. The van der Waals surface area contributed by atoms with E-state index in [1.165, 1.54) is 7.11 Å². The van der Waals surface area contributed by atoms with Crippen LogP contribution < -0.4 is 4.74 Å². The second-order valence-corrected chi connectivity index (χ2v) is 8.52. The third kappa shape index (κ3) is 3.40. The van der Waals surface area contributed by atoms with Gasteiger partial charge in [-0.2, -0.15) is 4.31 Å². The molecule has 0 atom stereocenters. The molecule has 3 aromatic rings. The third-order valence-corrected chi connectivity index (χ3v) is 6.98. The molecule has 0 aliphatic carbocycles. The van der Waals surface area contributed by atoms with Gasteiger partial charge in [-0.3, -0.25) is 0 Å². The number of pyridine rings is 2. The van der Waals surface area contributed by atoms with E-state index in [9.17, 15) is 8.42 Å². The molecule has 1 aromatic carbocycles. The summed E-state index contributed by atoms with van der Waals surface area (Å²) in [5.41, 5.74) is 1.72. The van der Waals surface area contributed by atoms with E-state index >= 15 is 0 Å². The van der Waals surface area contributed by atoms with Crippen LogP contribution in [0.25, 0.3) is 11.0 Å². The van der Waals surface area contributed by atoms with Gasteiger partial charge in [0.15, 0.2) is 5.65 Å². The minimum Gasteiger partial charge on any atom is -0.495 e. The summed E-state index contributed by atoms with van der Waals surface area (Å²) >= 11 is 0. The first kappa shape index (κ1) is 17.9. The van der Waals surface area contributed by atoms with E-state index in [0.29, 0.717) is 18.8 Å². The van der Waals surface area contributed by atoms with Gasteiger partial charge in [-0.25, -0.2) is 18.4 Å². The quantitative estimate of drug-likeness (QED) is 0.692. The van der Waals surface area contributed by atoms with Crippen molar-refractivity contribution in [2.45, 2.75) is 23.7 Å². The molecule has 2 aromatic heterocycles. The number of methoxy groups -OCH3 is 1. The zero-order valence-electron chi connectivity index (χ0n) is 15.1. The van der Waals surface area contributed by atoms with Crippen molar-refractivity contribution in [3.63, 3.8) is 0 Å². The molecule has 1 aliphatic rings. The predicted molar refractivity (Wildman–Crippen MR) is 103 cm³/mol. The Labute approximate surface area is 158 Å². The number of hydrogen-bond donors (Lipinski definition) is 0. The minimum atomic E-state index is -3.57. The van der Waals surface area contributed by atoms with Crippen LogP contribution in [0.4, 0.5) is 0 Å². The fraction of sp³-hybridized carbons (Fsp3) is 0.300. The zero-order valence-corrected chi connectivity index (χ0v) is 15.9. The van der Waals surface area contributed by atoms with E-state index in [4.69, 9.17) is 4.74 Å². The zero-order chi connectivity index (χ0) is 18.9. The topological polar surface area (TPSA) is 72.4 Å². The van der Waals surface area contributed by atoms with Gasteiger partial charge >= 0.3 is 0 Å². The molecule has 7 heteroatoms. The fourth-order valence-electron chi connectivity index (χ4n) is 3.56. The molecule has 6 nitrogen and oxygen atoms in total. The highest BCUT2D eigenvalue weighted by Crippen LogP contribution is 2.32. The lowest BCUT2D eigenvalue weighted by molar-refractivity contribution is 0.315. The van der Waals surface area contributed by atoms with Crippen molar-refractivity contribution in [1.29, 1.82) is 0 Å². The summed E-state index contributed by atoms with van der Waals surface area (Å²) in [4.78, 5) is 9.21. The molecule has 0 radical (unpaired) electrons. The summed E-state index contributed by atoms with van der Waals surface area (Å²) < 4.78 is 32.8. The van der Waals surface area contributed by atoms with E-state index in [0.717, 1.165) is 29.6 Å². The average Bonchev–Trinajstić information content (AvgIpc) is 2.73. The Morgan fingerprint density at radius 3 is 2.59 bits per heavy atom. The van der Waals surface area contributed by atoms with Crippen LogP contribution in [-0.4, -0.2) is 42.9 Å². The van der Waals surface area contributed by atoms with E-state index in [2.05, 4.69) is 9.97 Å². The van der Waals surface area contributed by atoms with Crippen molar-refractivity contribution >= 4 is 21.1 Å². The Kier molecular flexibility index (Phi) is 4.80. The number of sulfonamides is 1. The molecule has 1 aliphatic heterocycles.